The summed E-state index contributed by atoms with van der Waals surface area (Å²) >= 11 is 5.73. The van der Waals surface area contributed by atoms with Crippen molar-refractivity contribution >= 4 is 23.2 Å². The van der Waals surface area contributed by atoms with Crippen molar-refractivity contribution < 1.29 is 13.9 Å². The van der Waals surface area contributed by atoms with Crippen LogP contribution in [0.25, 0.3) is 0 Å². The molecule has 1 unspecified atom stereocenters. The molecule has 0 aliphatic carbocycles. The van der Waals surface area contributed by atoms with E-state index in [9.17, 15) is 9.18 Å². The van der Waals surface area contributed by atoms with Gasteiger partial charge in [0.15, 0.2) is 0 Å². The molecule has 1 fully saturated rings. The molecule has 0 N–H and O–H groups in total. The van der Waals surface area contributed by atoms with Gasteiger partial charge >= 0.3 is 0 Å². The predicted molar refractivity (Wildman–Crippen MR) is 64.1 cm³/mol. The van der Waals surface area contributed by atoms with Crippen molar-refractivity contribution in [1.82, 2.24) is 0 Å². The number of rotatable bonds is 3. The number of carbonyl (C=O) groups is 1. The molecule has 1 saturated heterocycles. The fourth-order valence-corrected chi connectivity index (χ4v) is 2.15. The van der Waals surface area contributed by atoms with Gasteiger partial charge in [0.1, 0.15) is 11.6 Å². The summed E-state index contributed by atoms with van der Waals surface area (Å²) in [5, 5.41) is 0. The first-order chi connectivity index (χ1) is 8.15. The zero-order valence-electron chi connectivity index (χ0n) is 9.45. The van der Waals surface area contributed by atoms with Gasteiger partial charge in [-0.25, -0.2) is 4.39 Å². The van der Waals surface area contributed by atoms with Gasteiger partial charge in [0.05, 0.1) is 12.8 Å². The van der Waals surface area contributed by atoms with Crippen LogP contribution in [0.15, 0.2) is 18.2 Å². The Morgan fingerprint density at radius 1 is 1.59 bits per heavy atom. The first-order valence-electron chi connectivity index (χ1n) is 5.35. The molecule has 0 saturated carbocycles. The third-order valence-electron chi connectivity index (χ3n) is 2.87. The number of nitrogens with zero attached hydrogens (tertiary/aromatic N) is 1. The van der Waals surface area contributed by atoms with Crippen molar-refractivity contribution in [2.24, 2.45) is 5.92 Å². The van der Waals surface area contributed by atoms with E-state index in [-0.39, 0.29) is 17.5 Å². The van der Waals surface area contributed by atoms with Crippen LogP contribution in [0.3, 0.4) is 0 Å². The molecule has 0 aromatic heterocycles. The van der Waals surface area contributed by atoms with Crippen LogP contribution in [0.1, 0.15) is 6.42 Å². The number of halogens is 2. The number of alkyl halides is 1. The average molecular weight is 258 g/mol. The van der Waals surface area contributed by atoms with Crippen LogP contribution in [-0.2, 0) is 4.79 Å². The summed E-state index contributed by atoms with van der Waals surface area (Å²) in [6.45, 7) is 0.465. The quantitative estimate of drug-likeness (QED) is 0.779. The highest BCUT2D eigenvalue weighted by Gasteiger charge is 2.31. The van der Waals surface area contributed by atoms with Gasteiger partial charge in [-0.15, -0.1) is 11.6 Å². The minimum Gasteiger partial charge on any atom is -0.497 e. The zero-order chi connectivity index (χ0) is 12.4. The van der Waals surface area contributed by atoms with E-state index >= 15 is 0 Å². The average Bonchev–Trinajstić information content (AvgIpc) is 2.71. The fourth-order valence-electron chi connectivity index (χ4n) is 1.94. The fraction of sp³-hybridized carbons (Fsp3) is 0.417. The van der Waals surface area contributed by atoms with Gasteiger partial charge in [0, 0.05) is 24.9 Å². The first-order valence-corrected chi connectivity index (χ1v) is 5.89. The summed E-state index contributed by atoms with van der Waals surface area (Å²) in [5.41, 5.74) is 0.266. The Balaban J connectivity index is 2.30. The number of methoxy groups -OCH3 is 1. The third kappa shape index (κ3) is 2.36. The van der Waals surface area contributed by atoms with Gasteiger partial charge < -0.3 is 9.64 Å². The molecule has 1 aliphatic heterocycles. The molecule has 3 nitrogen and oxygen atoms in total. The second kappa shape index (κ2) is 4.92. The summed E-state index contributed by atoms with van der Waals surface area (Å²) in [5.74, 6) is 0.517. The van der Waals surface area contributed by atoms with E-state index in [0.29, 0.717) is 24.6 Å². The van der Waals surface area contributed by atoms with Crippen molar-refractivity contribution in [2.75, 3.05) is 24.4 Å². The maximum absolute atomic E-state index is 13.7. The van der Waals surface area contributed by atoms with Gasteiger partial charge in [-0.2, -0.15) is 0 Å². The van der Waals surface area contributed by atoms with E-state index in [0.717, 1.165) is 0 Å². The molecule has 0 spiro atoms. The molecule has 1 aliphatic rings. The van der Waals surface area contributed by atoms with Crippen molar-refractivity contribution in [3.05, 3.63) is 24.0 Å². The Bertz CT molecular complexity index is 439. The summed E-state index contributed by atoms with van der Waals surface area (Å²) in [4.78, 5) is 13.2. The van der Waals surface area contributed by atoms with Crippen LogP contribution in [-0.4, -0.2) is 25.4 Å². The predicted octanol–water partition coefficient (Wildman–Crippen LogP) is 2.43. The number of hydrogen-bond donors (Lipinski definition) is 0. The van der Waals surface area contributed by atoms with Crippen LogP contribution >= 0.6 is 11.6 Å². The molecule has 17 heavy (non-hydrogen) atoms. The van der Waals surface area contributed by atoms with Crippen molar-refractivity contribution in [1.29, 1.82) is 0 Å². The Morgan fingerprint density at radius 3 is 2.94 bits per heavy atom. The molecule has 0 bridgehead atoms. The van der Waals surface area contributed by atoms with E-state index < -0.39 is 5.82 Å². The molecule has 1 amide bonds. The molecule has 0 radical (unpaired) electrons. The summed E-state index contributed by atoms with van der Waals surface area (Å²) < 4.78 is 18.7. The van der Waals surface area contributed by atoms with Crippen LogP contribution in [0, 0.1) is 11.7 Å². The van der Waals surface area contributed by atoms with Crippen LogP contribution in [0.5, 0.6) is 5.75 Å². The lowest BCUT2D eigenvalue weighted by Gasteiger charge is -2.17. The van der Waals surface area contributed by atoms with E-state index in [4.69, 9.17) is 16.3 Å². The SMILES string of the molecule is COc1ccc(F)c(N2CC(CCl)CC2=O)c1. The van der Waals surface area contributed by atoms with Gasteiger partial charge in [-0.1, -0.05) is 0 Å². The standard InChI is InChI=1S/C12H13ClFNO2/c1-17-9-2-3-10(14)11(5-9)15-7-8(6-13)4-12(15)16/h2-3,5,8H,4,6-7H2,1H3. The van der Waals surface area contributed by atoms with Crippen LogP contribution < -0.4 is 9.64 Å². The Hall–Kier alpha value is -1.29. The van der Waals surface area contributed by atoms with Crippen molar-refractivity contribution in [3.8, 4) is 5.75 Å². The maximum Gasteiger partial charge on any atom is 0.227 e. The maximum atomic E-state index is 13.7. The number of benzene rings is 1. The van der Waals surface area contributed by atoms with E-state index in [1.807, 2.05) is 0 Å². The van der Waals surface area contributed by atoms with E-state index in [1.165, 1.54) is 30.2 Å². The molecule has 2 rings (SSSR count). The largest absolute Gasteiger partial charge is 0.497 e. The number of ether oxygens (including phenoxy) is 1. The highest BCUT2D eigenvalue weighted by Crippen LogP contribution is 2.30. The normalized spacial score (nSPS) is 19.8. The molecule has 1 atom stereocenters. The highest BCUT2D eigenvalue weighted by atomic mass is 35.5. The number of anilines is 1. The van der Waals surface area contributed by atoms with Gasteiger partial charge in [-0.3, -0.25) is 4.79 Å². The number of hydrogen-bond acceptors (Lipinski definition) is 2. The smallest absolute Gasteiger partial charge is 0.227 e. The second-order valence-corrected chi connectivity index (χ2v) is 4.35. The monoisotopic (exact) mass is 257 g/mol. The molecule has 92 valence electrons. The minimum absolute atomic E-state index is 0.0924. The third-order valence-corrected chi connectivity index (χ3v) is 3.30. The Labute approximate surface area is 104 Å². The summed E-state index contributed by atoms with van der Waals surface area (Å²) in [6, 6.07) is 4.36. The summed E-state index contributed by atoms with van der Waals surface area (Å²) in [7, 11) is 1.50. The Kier molecular flexibility index (Phi) is 3.52. The topological polar surface area (TPSA) is 29.5 Å². The Morgan fingerprint density at radius 2 is 2.35 bits per heavy atom. The van der Waals surface area contributed by atoms with Crippen molar-refractivity contribution in [2.45, 2.75) is 6.42 Å². The van der Waals surface area contributed by atoms with Crippen molar-refractivity contribution in [3.63, 3.8) is 0 Å². The number of carbonyl (C=O) groups excluding carboxylic acids is 1. The molecule has 5 heteroatoms. The van der Waals surface area contributed by atoms with E-state index in [1.54, 1.807) is 0 Å². The van der Waals surface area contributed by atoms with Gasteiger partial charge in [-0.05, 0) is 18.1 Å². The lowest BCUT2D eigenvalue weighted by Crippen LogP contribution is -2.25. The van der Waals surface area contributed by atoms with Crippen LogP contribution in [0.4, 0.5) is 10.1 Å². The lowest BCUT2D eigenvalue weighted by atomic mass is 10.1. The molecular weight excluding hydrogens is 245 g/mol. The lowest BCUT2D eigenvalue weighted by molar-refractivity contribution is -0.117. The van der Waals surface area contributed by atoms with Crippen LogP contribution in [0.2, 0.25) is 0 Å². The molecule has 1 aromatic rings. The van der Waals surface area contributed by atoms with Gasteiger partial charge in [0.25, 0.3) is 0 Å². The second-order valence-electron chi connectivity index (χ2n) is 4.05. The summed E-state index contributed by atoms with van der Waals surface area (Å²) in [6.07, 6.45) is 0.375. The minimum atomic E-state index is -0.422. The molecule has 1 aromatic carbocycles. The number of amides is 1. The van der Waals surface area contributed by atoms with E-state index in [2.05, 4.69) is 0 Å². The molecular formula is C12H13ClFNO2. The zero-order valence-corrected chi connectivity index (χ0v) is 10.2. The van der Waals surface area contributed by atoms with Gasteiger partial charge in [0.2, 0.25) is 5.91 Å². The molecule has 1 heterocycles. The first kappa shape index (κ1) is 12.2. The highest BCUT2D eigenvalue weighted by molar-refractivity contribution is 6.18.